The van der Waals surface area contributed by atoms with Crippen LogP contribution < -0.4 is 10.2 Å². The molecule has 4 amide bonds. The summed E-state index contributed by atoms with van der Waals surface area (Å²) in [4.78, 5) is 43.3. The molecule has 0 radical (unpaired) electrons. The number of imide groups is 2. The second kappa shape index (κ2) is 9.15. The summed E-state index contributed by atoms with van der Waals surface area (Å²) in [5.74, 6) is -2.27. The molecule has 6 nitrogen and oxygen atoms in total. The molecule has 1 fully saturated rings. The third-order valence-corrected chi connectivity index (χ3v) is 5.33. The number of benzene rings is 1. The van der Waals surface area contributed by atoms with Crippen molar-refractivity contribution in [2.75, 3.05) is 11.4 Å². The summed E-state index contributed by atoms with van der Waals surface area (Å²) in [6.45, 7) is 2.41. The zero-order valence-electron chi connectivity index (χ0n) is 15.9. The van der Waals surface area contributed by atoms with Gasteiger partial charge in [0.2, 0.25) is 5.91 Å². The quantitative estimate of drug-likeness (QED) is 0.439. The molecular weight excluding hydrogens is 378 g/mol. The summed E-state index contributed by atoms with van der Waals surface area (Å²) in [6, 6.07) is 5.58. The van der Waals surface area contributed by atoms with E-state index in [1.54, 1.807) is 24.3 Å². The van der Waals surface area contributed by atoms with Crippen molar-refractivity contribution >= 4 is 40.8 Å². The Bertz CT molecular complexity index is 830. The van der Waals surface area contributed by atoms with Gasteiger partial charge >= 0.3 is 6.03 Å². The molecule has 2 aliphatic rings. The van der Waals surface area contributed by atoms with Crippen molar-refractivity contribution in [3.63, 3.8) is 0 Å². The minimum absolute atomic E-state index is 0.368. The molecule has 1 aliphatic heterocycles. The van der Waals surface area contributed by atoms with E-state index in [-0.39, 0.29) is 0 Å². The van der Waals surface area contributed by atoms with Gasteiger partial charge in [-0.2, -0.15) is 0 Å². The lowest BCUT2D eigenvalue weighted by molar-refractivity contribution is -0.131. The summed E-state index contributed by atoms with van der Waals surface area (Å²) in [5.41, 5.74) is 2.26. The third-order valence-electron chi connectivity index (χ3n) is 5.08. The van der Waals surface area contributed by atoms with Crippen LogP contribution in [0.1, 0.15) is 45.4 Å². The highest BCUT2D eigenvalue weighted by Gasteiger charge is 2.43. The van der Waals surface area contributed by atoms with Gasteiger partial charge in [-0.1, -0.05) is 30.2 Å². The SMILES string of the molecule is CCC(=NCCC1=CCCCC1)C1C(=O)NC(=O)N(c2ccc(Cl)cc2)C1=O. The Hall–Kier alpha value is -2.47. The first-order chi connectivity index (χ1) is 13.5. The number of rotatable bonds is 6. The number of urea groups is 1. The lowest BCUT2D eigenvalue weighted by Gasteiger charge is -2.30. The molecule has 0 aromatic heterocycles. The maximum Gasteiger partial charge on any atom is 0.335 e. The van der Waals surface area contributed by atoms with Crippen molar-refractivity contribution in [3.8, 4) is 0 Å². The Morgan fingerprint density at radius 2 is 1.96 bits per heavy atom. The summed E-state index contributed by atoms with van der Waals surface area (Å²) >= 11 is 5.89. The molecule has 0 spiro atoms. The van der Waals surface area contributed by atoms with Gasteiger partial charge in [0.25, 0.3) is 5.91 Å². The second-order valence-electron chi connectivity index (χ2n) is 6.96. The molecular formula is C21H24ClN3O3. The second-order valence-corrected chi connectivity index (χ2v) is 7.40. The largest absolute Gasteiger partial charge is 0.335 e. The first-order valence-electron chi connectivity index (χ1n) is 9.66. The van der Waals surface area contributed by atoms with E-state index in [1.165, 1.54) is 18.4 Å². The Balaban J connectivity index is 1.79. The molecule has 1 aromatic rings. The van der Waals surface area contributed by atoms with E-state index in [2.05, 4.69) is 16.4 Å². The van der Waals surface area contributed by atoms with Crippen LogP contribution in [0.2, 0.25) is 5.02 Å². The van der Waals surface area contributed by atoms with Gasteiger partial charge in [-0.15, -0.1) is 0 Å². The molecule has 0 bridgehead atoms. The van der Waals surface area contributed by atoms with E-state index in [1.807, 2.05) is 6.92 Å². The van der Waals surface area contributed by atoms with E-state index in [4.69, 9.17) is 11.6 Å². The van der Waals surface area contributed by atoms with Crippen LogP contribution in [0, 0.1) is 5.92 Å². The van der Waals surface area contributed by atoms with Crippen LogP contribution in [0.5, 0.6) is 0 Å². The van der Waals surface area contributed by atoms with Crippen molar-refractivity contribution in [1.29, 1.82) is 0 Å². The van der Waals surface area contributed by atoms with Gasteiger partial charge in [0.1, 0.15) is 0 Å². The summed E-state index contributed by atoms with van der Waals surface area (Å²) < 4.78 is 0. The number of allylic oxidation sites excluding steroid dienone is 1. The molecule has 3 rings (SSSR count). The van der Waals surface area contributed by atoms with Crippen LogP contribution in [-0.4, -0.2) is 30.1 Å². The number of nitrogens with zero attached hydrogens (tertiary/aromatic N) is 2. The molecule has 1 aromatic carbocycles. The van der Waals surface area contributed by atoms with Crippen LogP contribution >= 0.6 is 11.6 Å². The third kappa shape index (κ3) is 4.50. The van der Waals surface area contributed by atoms with E-state index >= 15 is 0 Å². The Kier molecular flexibility index (Phi) is 6.62. The summed E-state index contributed by atoms with van der Waals surface area (Å²) in [7, 11) is 0. The fraction of sp³-hybridized carbons (Fsp3) is 0.429. The molecule has 1 heterocycles. The lowest BCUT2D eigenvalue weighted by atomic mass is 9.95. The standard InChI is InChI=1S/C21H24ClN3O3/c1-2-17(23-13-12-14-6-4-3-5-7-14)18-19(26)24-21(28)25(20(18)27)16-10-8-15(22)9-11-16/h6,8-11,18H,2-5,7,12-13H2,1H3,(H,24,26,28). The van der Waals surface area contributed by atoms with Crippen LogP contribution in [0.4, 0.5) is 10.5 Å². The van der Waals surface area contributed by atoms with E-state index in [0.717, 1.165) is 24.2 Å². The fourth-order valence-corrected chi connectivity index (χ4v) is 3.71. The molecule has 0 saturated carbocycles. The number of anilines is 1. The molecule has 1 saturated heterocycles. The highest BCUT2D eigenvalue weighted by Crippen LogP contribution is 2.24. The normalized spacial score (nSPS) is 20.9. The number of hydrogen-bond acceptors (Lipinski definition) is 4. The van der Waals surface area contributed by atoms with Crippen molar-refractivity contribution in [2.24, 2.45) is 10.9 Å². The number of aliphatic imine (C=N–C) groups is 1. The molecule has 1 N–H and O–H groups in total. The van der Waals surface area contributed by atoms with Gasteiger partial charge in [0.05, 0.1) is 5.69 Å². The number of carbonyl (C=O) groups excluding carboxylic acids is 3. The molecule has 1 unspecified atom stereocenters. The van der Waals surface area contributed by atoms with Gasteiger partial charge < -0.3 is 0 Å². The van der Waals surface area contributed by atoms with Crippen LogP contribution in [0.15, 0.2) is 40.9 Å². The van der Waals surface area contributed by atoms with E-state index in [0.29, 0.717) is 29.4 Å². The molecule has 1 atom stereocenters. The Labute approximate surface area is 169 Å². The number of halogens is 1. The van der Waals surface area contributed by atoms with Gasteiger partial charge in [-0.05, 0) is 62.8 Å². The number of nitrogens with one attached hydrogen (secondary N) is 1. The van der Waals surface area contributed by atoms with Crippen LogP contribution in [-0.2, 0) is 9.59 Å². The van der Waals surface area contributed by atoms with Crippen LogP contribution in [0.25, 0.3) is 0 Å². The van der Waals surface area contributed by atoms with Gasteiger partial charge in [0.15, 0.2) is 5.92 Å². The zero-order valence-corrected chi connectivity index (χ0v) is 16.7. The predicted molar refractivity (Wildman–Crippen MR) is 110 cm³/mol. The molecule has 148 valence electrons. The van der Waals surface area contributed by atoms with Crippen molar-refractivity contribution < 1.29 is 14.4 Å². The van der Waals surface area contributed by atoms with Gasteiger partial charge in [-0.3, -0.25) is 19.9 Å². The Morgan fingerprint density at radius 1 is 1.21 bits per heavy atom. The average Bonchev–Trinajstić information content (AvgIpc) is 2.68. The molecule has 28 heavy (non-hydrogen) atoms. The van der Waals surface area contributed by atoms with Crippen molar-refractivity contribution in [3.05, 3.63) is 40.9 Å². The van der Waals surface area contributed by atoms with Crippen molar-refractivity contribution in [1.82, 2.24) is 5.32 Å². The highest BCUT2D eigenvalue weighted by molar-refractivity contribution is 6.35. The maximum atomic E-state index is 13.0. The molecule has 7 heteroatoms. The topological polar surface area (TPSA) is 78.8 Å². The monoisotopic (exact) mass is 401 g/mol. The molecule has 1 aliphatic carbocycles. The highest BCUT2D eigenvalue weighted by atomic mass is 35.5. The fourth-order valence-electron chi connectivity index (χ4n) is 3.59. The maximum absolute atomic E-state index is 13.0. The number of amides is 4. The minimum Gasteiger partial charge on any atom is -0.292 e. The predicted octanol–water partition coefficient (Wildman–Crippen LogP) is 4.28. The first-order valence-corrected chi connectivity index (χ1v) is 10.0. The number of hydrogen-bond donors (Lipinski definition) is 1. The van der Waals surface area contributed by atoms with Gasteiger partial charge in [-0.25, -0.2) is 9.69 Å². The minimum atomic E-state index is -1.08. The first kappa shape index (κ1) is 20.3. The average molecular weight is 402 g/mol. The number of barbiturate groups is 1. The summed E-state index contributed by atoms with van der Waals surface area (Å²) in [5, 5.41) is 2.77. The van der Waals surface area contributed by atoms with Gasteiger partial charge in [0, 0.05) is 17.3 Å². The Morgan fingerprint density at radius 3 is 2.61 bits per heavy atom. The lowest BCUT2D eigenvalue weighted by Crippen LogP contribution is -2.60. The van der Waals surface area contributed by atoms with Crippen LogP contribution in [0.3, 0.4) is 0 Å². The smallest absolute Gasteiger partial charge is 0.292 e. The summed E-state index contributed by atoms with van der Waals surface area (Å²) in [6.07, 6.45) is 8.22. The van der Waals surface area contributed by atoms with E-state index < -0.39 is 23.8 Å². The number of carbonyl (C=O) groups is 3. The van der Waals surface area contributed by atoms with E-state index in [9.17, 15) is 14.4 Å². The van der Waals surface area contributed by atoms with Crippen molar-refractivity contribution in [2.45, 2.75) is 45.4 Å². The zero-order chi connectivity index (χ0) is 20.1.